The Bertz CT molecular complexity index is 464. The molecule has 1 atom stereocenters. The van der Waals surface area contributed by atoms with Crippen LogP contribution >= 0.6 is 11.3 Å². The quantitative estimate of drug-likeness (QED) is 0.852. The van der Waals surface area contributed by atoms with E-state index in [1.54, 1.807) is 11.3 Å². The summed E-state index contributed by atoms with van der Waals surface area (Å²) in [6.45, 7) is 4.40. The van der Waals surface area contributed by atoms with E-state index >= 15 is 0 Å². The molecule has 16 heavy (non-hydrogen) atoms. The van der Waals surface area contributed by atoms with Gasteiger partial charge in [0.2, 0.25) is 0 Å². The fourth-order valence-electron chi connectivity index (χ4n) is 1.71. The van der Waals surface area contributed by atoms with E-state index in [-0.39, 0.29) is 12.6 Å². The van der Waals surface area contributed by atoms with Gasteiger partial charge in [-0.1, -0.05) is 32.0 Å². The van der Waals surface area contributed by atoms with Crippen LogP contribution in [-0.4, -0.2) is 17.8 Å². The summed E-state index contributed by atoms with van der Waals surface area (Å²) in [6.07, 6.45) is 0. The van der Waals surface area contributed by atoms with Crippen molar-refractivity contribution in [3.8, 4) is 0 Å². The molecule has 2 N–H and O–H groups in total. The highest BCUT2D eigenvalue weighted by atomic mass is 32.1. The molecule has 0 aliphatic rings. The molecule has 0 aliphatic carbocycles. The van der Waals surface area contributed by atoms with E-state index in [0.29, 0.717) is 5.92 Å². The van der Waals surface area contributed by atoms with Gasteiger partial charge in [-0.25, -0.2) is 0 Å². The summed E-state index contributed by atoms with van der Waals surface area (Å²) in [4.78, 5) is 0. The van der Waals surface area contributed by atoms with Gasteiger partial charge < -0.3 is 10.4 Å². The Balaban J connectivity index is 2.27. The maximum Gasteiger partial charge on any atom is 0.0635 e. The van der Waals surface area contributed by atoms with Crippen LogP contribution in [0.2, 0.25) is 0 Å². The second kappa shape index (κ2) is 4.85. The average molecular weight is 235 g/mol. The van der Waals surface area contributed by atoms with E-state index in [1.165, 1.54) is 10.1 Å². The summed E-state index contributed by atoms with van der Waals surface area (Å²) in [7, 11) is 0. The Morgan fingerprint density at radius 1 is 1.31 bits per heavy atom. The van der Waals surface area contributed by atoms with Gasteiger partial charge in [0.1, 0.15) is 0 Å². The Morgan fingerprint density at radius 3 is 2.75 bits per heavy atom. The van der Waals surface area contributed by atoms with Crippen molar-refractivity contribution >= 4 is 27.1 Å². The minimum absolute atomic E-state index is 0.123. The number of rotatable bonds is 4. The number of fused-ring (bicyclic) bond motifs is 1. The SMILES string of the molecule is CC(C)C(CO)Nc1csc2ccccc12. The molecule has 86 valence electrons. The lowest BCUT2D eigenvalue weighted by atomic mass is 10.1. The van der Waals surface area contributed by atoms with Gasteiger partial charge in [-0.05, 0) is 12.0 Å². The Morgan fingerprint density at radius 2 is 2.06 bits per heavy atom. The largest absolute Gasteiger partial charge is 0.394 e. The van der Waals surface area contributed by atoms with E-state index < -0.39 is 0 Å². The number of aliphatic hydroxyl groups excluding tert-OH is 1. The molecule has 0 radical (unpaired) electrons. The average Bonchev–Trinajstić information content (AvgIpc) is 2.69. The van der Waals surface area contributed by atoms with Crippen LogP contribution in [0.1, 0.15) is 13.8 Å². The molecule has 0 fully saturated rings. The number of hydrogen-bond acceptors (Lipinski definition) is 3. The van der Waals surface area contributed by atoms with E-state index in [9.17, 15) is 5.11 Å². The normalized spacial score (nSPS) is 13.2. The summed E-state index contributed by atoms with van der Waals surface area (Å²) < 4.78 is 1.28. The summed E-state index contributed by atoms with van der Waals surface area (Å²) in [5, 5.41) is 16.1. The number of benzene rings is 1. The van der Waals surface area contributed by atoms with Crippen LogP contribution in [0.5, 0.6) is 0 Å². The molecule has 0 amide bonds. The number of hydrogen-bond donors (Lipinski definition) is 2. The monoisotopic (exact) mass is 235 g/mol. The lowest BCUT2D eigenvalue weighted by molar-refractivity contribution is 0.249. The standard InChI is InChI=1S/C13H17NOS/c1-9(2)11(7-15)14-12-8-16-13-6-4-3-5-10(12)13/h3-6,8-9,11,14-15H,7H2,1-2H3. The Labute approximate surface area is 99.9 Å². The lowest BCUT2D eigenvalue weighted by Gasteiger charge is -2.20. The van der Waals surface area contributed by atoms with Crippen molar-refractivity contribution in [2.45, 2.75) is 19.9 Å². The molecule has 0 bridgehead atoms. The van der Waals surface area contributed by atoms with Crippen LogP contribution in [0.25, 0.3) is 10.1 Å². The van der Waals surface area contributed by atoms with Gasteiger partial charge in [-0.2, -0.15) is 0 Å². The zero-order valence-corrected chi connectivity index (χ0v) is 10.4. The first kappa shape index (κ1) is 11.4. The molecule has 2 aromatic rings. The third kappa shape index (κ3) is 2.20. The van der Waals surface area contributed by atoms with Crippen molar-refractivity contribution in [2.75, 3.05) is 11.9 Å². The summed E-state index contributed by atoms with van der Waals surface area (Å²) in [5.41, 5.74) is 1.13. The zero-order chi connectivity index (χ0) is 11.5. The van der Waals surface area contributed by atoms with E-state index in [1.807, 2.05) is 6.07 Å². The van der Waals surface area contributed by atoms with Gasteiger partial charge in [0.15, 0.2) is 0 Å². The number of anilines is 1. The highest BCUT2D eigenvalue weighted by Gasteiger charge is 2.13. The van der Waals surface area contributed by atoms with Gasteiger partial charge in [0.05, 0.1) is 18.3 Å². The van der Waals surface area contributed by atoms with Gasteiger partial charge in [0, 0.05) is 15.5 Å². The minimum atomic E-state index is 0.123. The molecule has 1 unspecified atom stereocenters. The number of aliphatic hydroxyl groups is 1. The molecule has 2 nitrogen and oxygen atoms in total. The summed E-state index contributed by atoms with van der Waals surface area (Å²) in [6, 6.07) is 8.45. The summed E-state index contributed by atoms with van der Waals surface area (Å²) in [5.74, 6) is 0.420. The predicted molar refractivity (Wildman–Crippen MR) is 71.2 cm³/mol. The van der Waals surface area contributed by atoms with Crippen LogP contribution in [0, 0.1) is 5.92 Å². The topological polar surface area (TPSA) is 32.3 Å². The maximum absolute atomic E-state index is 9.31. The van der Waals surface area contributed by atoms with Gasteiger partial charge in [0.25, 0.3) is 0 Å². The van der Waals surface area contributed by atoms with Crippen molar-refractivity contribution in [2.24, 2.45) is 5.92 Å². The van der Waals surface area contributed by atoms with Gasteiger partial charge in [-0.15, -0.1) is 11.3 Å². The van der Waals surface area contributed by atoms with Crippen molar-refractivity contribution in [1.82, 2.24) is 0 Å². The first-order valence-electron chi connectivity index (χ1n) is 5.56. The fraction of sp³-hybridized carbons (Fsp3) is 0.385. The highest BCUT2D eigenvalue weighted by Crippen LogP contribution is 2.30. The fourth-order valence-corrected chi connectivity index (χ4v) is 2.61. The third-order valence-corrected chi connectivity index (χ3v) is 3.79. The second-order valence-corrected chi connectivity index (χ2v) is 5.23. The molecular weight excluding hydrogens is 218 g/mol. The molecule has 1 aromatic heterocycles. The molecular formula is C13H17NOS. The van der Waals surface area contributed by atoms with Gasteiger partial charge >= 0.3 is 0 Å². The second-order valence-electron chi connectivity index (χ2n) is 4.32. The first-order valence-corrected chi connectivity index (χ1v) is 6.44. The zero-order valence-electron chi connectivity index (χ0n) is 9.60. The molecule has 0 saturated carbocycles. The molecule has 0 spiro atoms. The van der Waals surface area contributed by atoms with E-state index in [4.69, 9.17) is 0 Å². The van der Waals surface area contributed by atoms with Crippen molar-refractivity contribution < 1.29 is 5.11 Å². The first-order chi connectivity index (χ1) is 7.72. The minimum Gasteiger partial charge on any atom is -0.394 e. The summed E-state index contributed by atoms with van der Waals surface area (Å²) >= 11 is 1.73. The molecule has 0 saturated heterocycles. The van der Waals surface area contributed by atoms with Crippen LogP contribution in [0.15, 0.2) is 29.6 Å². The Kier molecular flexibility index (Phi) is 3.46. The third-order valence-electron chi connectivity index (χ3n) is 2.82. The van der Waals surface area contributed by atoms with Crippen molar-refractivity contribution in [3.63, 3.8) is 0 Å². The lowest BCUT2D eigenvalue weighted by Crippen LogP contribution is -2.29. The predicted octanol–water partition coefficient (Wildman–Crippen LogP) is 3.33. The van der Waals surface area contributed by atoms with Crippen LogP contribution in [-0.2, 0) is 0 Å². The van der Waals surface area contributed by atoms with E-state index in [2.05, 4.69) is 42.7 Å². The van der Waals surface area contributed by atoms with Crippen molar-refractivity contribution in [1.29, 1.82) is 0 Å². The number of nitrogens with one attached hydrogen (secondary N) is 1. The van der Waals surface area contributed by atoms with E-state index in [0.717, 1.165) is 5.69 Å². The van der Waals surface area contributed by atoms with Crippen LogP contribution < -0.4 is 5.32 Å². The maximum atomic E-state index is 9.31. The molecule has 1 aromatic carbocycles. The molecule has 2 rings (SSSR count). The number of thiophene rings is 1. The van der Waals surface area contributed by atoms with Gasteiger partial charge in [-0.3, -0.25) is 0 Å². The van der Waals surface area contributed by atoms with Crippen LogP contribution in [0.4, 0.5) is 5.69 Å². The molecule has 3 heteroatoms. The molecule has 0 aliphatic heterocycles. The van der Waals surface area contributed by atoms with Crippen LogP contribution in [0.3, 0.4) is 0 Å². The smallest absolute Gasteiger partial charge is 0.0635 e. The molecule has 1 heterocycles. The highest BCUT2D eigenvalue weighted by molar-refractivity contribution is 7.17. The van der Waals surface area contributed by atoms with Crippen molar-refractivity contribution in [3.05, 3.63) is 29.6 Å². The Hall–Kier alpha value is -1.06.